The van der Waals surface area contributed by atoms with Gasteiger partial charge in [0.15, 0.2) is 0 Å². The lowest BCUT2D eigenvalue weighted by atomic mass is 9.98. The van der Waals surface area contributed by atoms with Crippen LogP contribution in [0.1, 0.15) is 12.0 Å². The van der Waals surface area contributed by atoms with Crippen LogP contribution in [0.3, 0.4) is 0 Å². The molecule has 0 spiro atoms. The molecule has 0 bridgehead atoms. The molecule has 0 atom stereocenters. The van der Waals surface area contributed by atoms with Crippen LogP contribution in [-0.2, 0) is 0 Å². The smallest absolute Gasteiger partial charge is 0.127 e. The highest BCUT2D eigenvalue weighted by molar-refractivity contribution is 6.01. The lowest BCUT2D eigenvalue weighted by molar-refractivity contribution is 0.411. The molecule has 164 valence electrons. The third kappa shape index (κ3) is 3.47. The fraction of sp³-hybridized carbons (Fsp3) is 0.154. The molecule has 3 aromatic heterocycles. The van der Waals surface area contributed by atoms with Gasteiger partial charge in [-0.1, -0.05) is 12.1 Å². The predicted octanol–water partition coefficient (Wildman–Crippen LogP) is 5.30. The van der Waals surface area contributed by atoms with Gasteiger partial charge in [0.1, 0.15) is 17.3 Å². The number of nitrogens with one attached hydrogen (secondary N) is 3. The Morgan fingerprint density at radius 3 is 2.76 bits per heavy atom. The first-order chi connectivity index (χ1) is 16.2. The number of aromatic nitrogens is 4. The molecule has 0 saturated heterocycles. The van der Waals surface area contributed by atoms with Gasteiger partial charge >= 0.3 is 0 Å². The van der Waals surface area contributed by atoms with Crippen molar-refractivity contribution < 1.29 is 9.13 Å². The summed E-state index contributed by atoms with van der Waals surface area (Å²) < 4.78 is 19.4. The van der Waals surface area contributed by atoms with Gasteiger partial charge in [-0.05, 0) is 60.0 Å². The molecule has 0 aliphatic carbocycles. The molecule has 6 nitrogen and oxygen atoms in total. The second kappa shape index (κ2) is 7.86. The zero-order valence-corrected chi connectivity index (χ0v) is 18.1. The Balaban J connectivity index is 1.48. The van der Waals surface area contributed by atoms with Crippen LogP contribution in [0, 0.1) is 5.82 Å². The van der Waals surface area contributed by atoms with Gasteiger partial charge in [0.2, 0.25) is 0 Å². The maximum absolute atomic E-state index is 14.2. The lowest BCUT2D eigenvalue weighted by Gasteiger charge is -2.14. The van der Waals surface area contributed by atoms with Gasteiger partial charge in [-0.25, -0.2) is 4.39 Å². The molecule has 1 aliphatic heterocycles. The van der Waals surface area contributed by atoms with Crippen molar-refractivity contribution >= 4 is 27.4 Å². The average molecular weight is 439 g/mol. The Bertz CT molecular complexity index is 1530. The number of ether oxygens (including phenoxy) is 1. The summed E-state index contributed by atoms with van der Waals surface area (Å²) in [5.74, 6) is 0.117. The maximum atomic E-state index is 14.2. The van der Waals surface area contributed by atoms with E-state index in [-0.39, 0.29) is 5.82 Å². The Morgan fingerprint density at radius 2 is 1.91 bits per heavy atom. The van der Waals surface area contributed by atoms with Gasteiger partial charge in [0.25, 0.3) is 0 Å². The van der Waals surface area contributed by atoms with E-state index in [0.717, 1.165) is 58.3 Å². The molecule has 7 heteroatoms. The van der Waals surface area contributed by atoms with Crippen LogP contribution in [0.2, 0.25) is 0 Å². The number of H-pyrrole nitrogens is 2. The molecule has 6 rings (SSSR count). The topological polar surface area (TPSA) is 78.6 Å². The van der Waals surface area contributed by atoms with Crippen LogP contribution >= 0.6 is 0 Å². The van der Waals surface area contributed by atoms with E-state index in [1.54, 1.807) is 12.4 Å². The van der Waals surface area contributed by atoms with Crippen LogP contribution in [-0.4, -0.2) is 40.4 Å². The zero-order valence-electron chi connectivity index (χ0n) is 18.1. The van der Waals surface area contributed by atoms with Crippen molar-refractivity contribution in [3.8, 4) is 28.3 Å². The number of hydrogen-bond donors (Lipinski definition) is 3. The quantitative estimate of drug-likeness (QED) is 0.355. The third-order valence-electron chi connectivity index (χ3n) is 6.22. The van der Waals surface area contributed by atoms with Gasteiger partial charge in [-0.15, -0.1) is 0 Å². The van der Waals surface area contributed by atoms with Gasteiger partial charge in [-0.3, -0.25) is 10.1 Å². The summed E-state index contributed by atoms with van der Waals surface area (Å²) in [6.07, 6.45) is 6.78. The van der Waals surface area contributed by atoms with E-state index in [4.69, 9.17) is 4.74 Å². The van der Waals surface area contributed by atoms with Crippen molar-refractivity contribution in [2.45, 2.75) is 6.42 Å². The molecule has 0 unspecified atom stereocenters. The second-order valence-electron chi connectivity index (χ2n) is 8.23. The van der Waals surface area contributed by atoms with Crippen LogP contribution in [0.4, 0.5) is 4.39 Å². The summed E-state index contributed by atoms with van der Waals surface area (Å²) in [6.45, 7) is 1.89. The lowest BCUT2D eigenvalue weighted by Crippen LogP contribution is -2.19. The predicted molar refractivity (Wildman–Crippen MR) is 129 cm³/mol. The monoisotopic (exact) mass is 439 g/mol. The molecule has 5 aromatic rings. The van der Waals surface area contributed by atoms with Crippen molar-refractivity contribution in [1.82, 2.24) is 25.5 Å². The number of fused-ring (bicyclic) bond motifs is 2. The van der Waals surface area contributed by atoms with E-state index in [9.17, 15) is 4.39 Å². The number of methoxy groups -OCH3 is 1. The molecule has 0 amide bonds. The van der Waals surface area contributed by atoms with E-state index < -0.39 is 0 Å². The van der Waals surface area contributed by atoms with Crippen LogP contribution < -0.4 is 10.1 Å². The number of halogens is 1. The molecule has 33 heavy (non-hydrogen) atoms. The van der Waals surface area contributed by atoms with Crippen LogP contribution in [0.5, 0.6) is 5.75 Å². The Morgan fingerprint density at radius 1 is 0.970 bits per heavy atom. The van der Waals surface area contributed by atoms with Gasteiger partial charge in [0, 0.05) is 35.1 Å². The molecule has 2 aromatic carbocycles. The van der Waals surface area contributed by atoms with Crippen LogP contribution in [0.15, 0.2) is 60.9 Å². The minimum atomic E-state index is -0.352. The normalized spacial score (nSPS) is 14.1. The number of rotatable bonds is 4. The maximum Gasteiger partial charge on any atom is 0.127 e. The van der Waals surface area contributed by atoms with Crippen molar-refractivity contribution in [2.24, 2.45) is 0 Å². The summed E-state index contributed by atoms with van der Waals surface area (Å²) in [5.41, 5.74) is 7.68. The molecule has 3 N–H and O–H groups in total. The number of hydrogen-bond acceptors (Lipinski definition) is 4. The summed E-state index contributed by atoms with van der Waals surface area (Å²) in [5, 5.41) is 13.1. The molecule has 1 aliphatic rings. The summed E-state index contributed by atoms with van der Waals surface area (Å²) in [7, 11) is 1.53. The van der Waals surface area contributed by atoms with Crippen molar-refractivity contribution in [1.29, 1.82) is 0 Å². The van der Waals surface area contributed by atoms with Crippen molar-refractivity contribution in [3.05, 3.63) is 72.3 Å². The minimum Gasteiger partial charge on any atom is -0.497 e. The van der Waals surface area contributed by atoms with Crippen molar-refractivity contribution in [3.63, 3.8) is 0 Å². The van der Waals surface area contributed by atoms with E-state index >= 15 is 0 Å². The van der Waals surface area contributed by atoms with Crippen LogP contribution in [0.25, 0.3) is 49.9 Å². The largest absolute Gasteiger partial charge is 0.497 e. The number of aromatic amines is 2. The first-order valence-corrected chi connectivity index (χ1v) is 10.9. The van der Waals surface area contributed by atoms with Gasteiger partial charge in [0.05, 0.1) is 30.0 Å². The Kier molecular flexibility index (Phi) is 4.69. The average Bonchev–Trinajstić information content (AvgIpc) is 3.47. The molecular formula is C26H22FN5O. The highest BCUT2D eigenvalue weighted by Gasteiger charge is 2.16. The van der Waals surface area contributed by atoms with Gasteiger partial charge in [-0.2, -0.15) is 5.10 Å². The number of pyridine rings is 1. The number of benzene rings is 2. The standard InChI is InChI=1S/C26H22FN5O/c1-33-19-9-17(8-18(27)11-19)22-13-29-14-25-20(22)12-24(30-25)26-21-10-16(2-3-23(21)31-32-26)15-4-6-28-7-5-15/h2-4,8-14,28,30H,5-7H2,1H3,(H,31,32). The first kappa shape index (κ1) is 19.7. The highest BCUT2D eigenvalue weighted by atomic mass is 19.1. The molecule has 4 heterocycles. The van der Waals surface area contributed by atoms with Gasteiger partial charge < -0.3 is 15.0 Å². The fourth-order valence-electron chi connectivity index (χ4n) is 4.55. The summed E-state index contributed by atoms with van der Waals surface area (Å²) in [4.78, 5) is 7.82. The Hall–Kier alpha value is -3.97. The second-order valence-corrected chi connectivity index (χ2v) is 8.23. The van der Waals surface area contributed by atoms with E-state index in [2.05, 4.69) is 55.8 Å². The Labute approximate surface area is 189 Å². The first-order valence-electron chi connectivity index (χ1n) is 10.9. The number of nitrogens with zero attached hydrogens (tertiary/aromatic N) is 2. The van der Waals surface area contributed by atoms with E-state index in [1.807, 2.05) is 6.07 Å². The third-order valence-corrected chi connectivity index (χ3v) is 6.22. The summed E-state index contributed by atoms with van der Waals surface area (Å²) in [6, 6.07) is 13.2. The fourth-order valence-corrected chi connectivity index (χ4v) is 4.55. The highest BCUT2D eigenvalue weighted by Crippen LogP contribution is 2.35. The van der Waals surface area contributed by atoms with Crippen molar-refractivity contribution in [2.75, 3.05) is 20.2 Å². The van der Waals surface area contributed by atoms with E-state index in [0.29, 0.717) is 11.3 Å². The SMILES string of the molecule is COc1cc(F)cc(-c2cncc3[nH]c(-c4n[nH]c5ccc(C6=CCNCC6)cc45)cc23)c1. The molecule has 0 fully saturated rings. The molecule has 0 radical (unpaired) electrons. The molecular weight excluding hydrogens is 417 g/mol. The zero-order chi connectivity index (χ0) is 22.4. The van der Waals surface area contributed by atoms with E-state index in [1.165, 1.54) is 30.4 Å². The molecule has 0 saturated carbocycles. The summed E-state index contributed by atoms with van der Waals surface area (Å²) >= 11 is 0. The minimum absolute atomic E-state index is 0.352.